The lowest BCUT2D eigenvalue weighted by molar-refractivity contribution is 0.107. The Labute approximate surface area is 238 Å². The molecule has 3 fully saturated rings. The van der Waals surface area contributed by atoms with Gasteiger partial charge in [-0.15, -0.1) is 0 Å². The number of nitrogens with zero attached hydrogens (tertiary/aromatic N) is 5. The van der Waals surface area contributed by atoms with Crippen molar-refractivity contribution in [3.05, 3.63) is 47.9 Å². The number of rotatable bonds is 6. The molecule has 3 aliphatic heterocycles. The SMILES string of the molecule is CCc1cccc2cc(O)cc(-c3ncc4c(N5C[SiH2][C@@H](O)C5)nc(OC[C@@]56CCCN5C[C@H](F)C6)nc4c3F)c12. The minimum atomic E-state index is -0.890. The first-order valence-electron chi connectivity index (χ1n) is 14.4. The third-order valence-electron chi connectivity index (χ3n) is 9.02. The molecule has 3 aliphatic rings. The van der Waals surface area contributed by atoms with Gasteiger partial charge in [-0.3, -0.25) is 9.88 Å². The maximum absolute atomic E-state index is 16.6. The second kappa shape index (κ2) is 10.1. The van der Waals surface area contributed by atoms with Crippen LogP contribution < -0.4 is 9.64 Å². The van der Waals surface area contributed by atoms with Crippen LogP contribution in [-0.2, 0) is 6.42 Å². The van der Waals surface area contributed by atoms with Crippen molar-refractivity contribution in [2.45, 2.75) is 50.0 Å². The molecule has 3 atom stereocenters. The minimum absolute atomic E-state index is 0.0218. The number of aromatic nitrogens is 3. The standard InChI is InChI=1S/C30H33F2N5O3Si/c1-2-17-5-3-6-18-9-20(38)10-21(24(17)18)26-25(32)27-22(12-33-26)28(36-14-23(39)41-16-36)35-29(34-27)40-15-30-7-4-8-37(30)13-19(31)11-30/h3,5-6,9-10,12,19,23,38-39H,2,4,7-8,11,13-16,41H2,1H3/t19-,23-,30+/m1/s1. The van der Waals surface area contributed by atoms with Crippen LogP contribution in [0.1, 0.15) is 31.7 Å². The largest absolute Gasteiger partial charge is 0.508 e. The van der Waals surface area contributed by atoms with Crippen LogP contribution in [0.15, 0.2) is 36.5 Å². The maximum Gasteiger partial charge on any atom is 0.319 e. The Morgan fingerprint density at radius 2 is 2.10 bits per heavy atom. The third kappa shape index (κ3) is 4.50. The molecule has 2 N–H and O–H groups in total. The molecule has 4 aromatic rings. The van der Waals surface area contributed by atoms with Gasteiger partial charge >= 0.3 is 6.01 Å². The fourth-order valence-corrected chi connectivity index (χ4v) is 8.57. The van der Waals surface area contributed by atoms with Crippen LogP contribution in [0.25, 0.3) is 32.9 Å². The van der Waals surface area contributed by atoms with Crippen molar-refractivity contribution in [1.29, 1.82) is 0 Å². The molecule has 214 valence electrons. The molecule has 3 saturated heterocycles. The zero-order valence-corrected chi connectivity index (χ0v) is 24.4. The molecular formula is C30H33F2N5O3Si. The Balaban J connectivity index is 1.36. The molecule has 2 aromatic carbocycles. The third-order valence-corrected chi connectivity index (χ3v) is 10.7. The highest BCUT2D eigenvalue weighted by Crippen LogP contribution is 2.41. The molecule has 7 rings (SSSR count). The summed E-state index contributed by atoms with van der Waals surface area (Å²) < 4.78 is 37.1. The Bertz CT molecular complexity index is 1660. The van der Waals surface area contributed by atoms with Crippen LogP contribution in [0, 0.1) is 5.82 Å². The number of aliphatic hydroxyl groups excluding tert-OH is 1. The minimum Gasteiger partial charge on any atom is -0.508 e. The number of ether oxygens (including phenoxy) is 1. The van der Waals surface area contributed by atoms with Gasteiger partial charge in [0.15, 0.2) is 5.82 Å². The summed E-state index contributed by atoms with van der Waals surface area (Å²) >= 11 is 0. The van der Waals surface area contributed by atoms with E-state index in [1.54, 1.807) is 18.3 Å². The summed E-state index contributed by atoms with van der Waals surface area (Å²) in [4.78, 5) is 17.9. The molecule has 0 unspecified atom stereocenters. The van der Waals surface area contributed by atoms with Gasteiger partial charge in [0.2, 0.25) is 0 Å². The molecule has 11 heteroatoms. The number of β-amino-alcohol motifs (C(OH)–C–C–N with tert-alkyl or cyclic N) is 1. The number of fused-ring (bicyclic) bond motifs is 3. The van der Waals surface area contributed by atoms with Crippen molar-refractivity contribution >= 4 is 37.0 Å². The lowest BCUT2D eigenvalue weighted by atomic mass is 9.95. The Hall–Kier alpha value is -3.41. The first-order valence-corrected chi connectivity index (χ1v) is 16.2. The van der Waals surface area contributed by atoms with Crippen LogP contribution in [0.5, 0.6) is 11.8 Å². The summed E-state index contributed by atoms with van der Waals surface area (Å²) in [6, 6.07) is 9.05. The number of aromatic hydroxyl groups is 1. The summed E-state index contributed by atoms with van der Waals surface area (Å²) in [5, 5.41) is 22.9. The van der Waals surface area contributed by atoms with Gasteiger partial charge in [0, 0.05) is 37.4 Å². The first-order chi connectivity index (χ1) is 19.8. The van der Waals surface area contributed by atoms with E-state index in [9.17, 15) is 14.6 Å². The highest BCUT2D eigenvalue weighted by Gasteiger charge is 2.49. The highest BCUT2D eigenvalue weighted by atomic mass is 28.2. The summed E-state index contributed by atoms with van der Waals surface area (Å²) in [6.07, 6.45) is 4.33. The van der Waals surface area contributed by atoms with Crippen LogP contribution >= 0.6 is 0 Å². The number of hydrogen-bond donors (Lipinski definition) is 2. The quantitative estimate of drug-likeness (QED) is 0.337. The second-order valence-electron chi connectivity index (χ2n) is 11.6. The highest BCUT2D eigenvalue weighted by molar-refractivity contribution is 6.40. The van der Waals surface area contributed by atoms with Gasteiger partial charge in [-0.1, -0.05) is 25.1 Å². The summed E-state index contributed by atoms with van der Waals surface area (Å²) in [5.74, 6) is -0.123. The molecule has 0 bridgehead atoms. The summed E-state index contributed by atoms with van der Waals surface area (Å²) in [6.45, 7) is 3.93. The Morgan fingerprint density at radius 1 is 1.22 bits per heavy atom. The molecule has 2 aromatic heterocycles. The monoisotopic (exact) mass is 577 g/mol. The molecule has 8 nitrogen and oxygen atoms in total. The smallest absolute Gasteiger partial charge is 0.319 e. The van der Waals surface area contributed by atoms with Crippen LogP contribution in [0.2, 0.25) is 0 Å². The van der Waals surface area contributed by atoms with E-state index in [-0.39, 0.29) is 35.3 Å². The van der Waals surface area contributed by atoms with E-state index in [1.807, 2.05) is 30.0 Å². The molecule has 0 saturated carbocycles. The number of aryl methyl sites for hydroxylation is 1. The fourth-order valence-electron chi connectivity index (χ4n) is 7.07. The predicted molar refractivity (Wildman–Crippen MR) is 157 cm³/mol. The number of anilines is 1. The van der Waals surface area contributed by atoms with Gasteiger partial charge in [-0.25, -0.2) is 8.78 Å². The van der Waals surface area contributed by atoms with Gasteiger partial charge < -0.3 is 19.8 Å². The van der Waals surface area contributed by atoms with Gasteiger partial charge in [0.1, 0.15) is 35.6 Å². The number of phenols is 1. The van der Waals surface area contributed by atoms with E-state index in [0.717, 1.165) is 42.1 Å². The zero-order chi connectivity index (χ0) is 28.3. The molecular weight excluding hydrogens is 544 g/mol. The number of hydrogen-bond acceptors (Lipinski definition) is 8. The predicted octanol–water partition coefficient (Wildman–Crippen LogP) is 3.47. The van der Waals surface area contributed by atoms with E-state index < -0.39 is 27.0 Å². The molecule has 5 heterocycles. The lowest BCUT2D eigenvalue weighted by Crippen LogP contribution is -2.43. The van der Waals surface area contributed by atoms with E-state index in [4.69, 9.17) is 4.74 Å². The summed E-state index contributed by atoms with van der Waals surface area (Å²) in [5.41, 5.74) is 0.891. The van der Waals surface area contributed by atoms with Crippen molar-refractivity contribution < 1.29 is 23.7 Å². The number of aliphatic hydroxyl groups is 1. The van der Waals surface area contributed by atoms with Gasteiger partial charge in [0.25, 0.3) is 0 Å². The maximum atomic E-state index is 16.6. The average molecular weight is 578 g/mol. The van der Waals surface area contributed by atoms with E-state index >= 15 is 4.39 Å². The van der Waals surface area contributed by atoms with E-state index in [1.165, 1.54) is 0 Å². The molecule has 0 radical (unpaired) electrons. The number of benzene rings is 2. The van der Waals surface area contributed by atoms with Crippen LogP contribution in [0.4, 0.5) is 14.6 Å². The van der Waals surface area contributed by atoms with Crippen LogP contribution in [-0.4, -0.2) is 89.4 Å². The normalized spacial score (nSPS) is 25.1. The molecule has 0 spiro atoms. The number of phenolic OH excluding ortho intramolecular Hbond substituents is 1. The Morgan fingerprint density at radius 3 is 2.90 bits per heavy atom. The van der Waals surface area contributed by atoms with Crippen molar-refractivity contribution in [1.82, 2.24) is 19.9 Å². The van der Waals surface area contributed by atoms with Crippen LogP contribution in [0.3, 0.4) is 0 Å². The van der Waals surface area contributed by atoms with Gasteiger partial charge in [0.05, 0.1) is 26.2 Å². The second-order valence-corrected chi connectivity index (χ2v) is 13.6. The molecule has 0 amide bonds. The lowest BCUT2D eigenvalue weighted by Gasteiger charge is -2.31. The van der Waals surface area contributed by atoms with Crippen molar-refractivity contribution in [3.63, 3.8) is 0 Å². The number of halogens is 2. The van der Waals surface area contributed by atoms with Crippen molar-refractivity contribution in [2.24, 2.45) is 0 Å². The Kier molecular flexibility index (Phi) is 6.55. The molecule has 0 aliphatic carbocycles. The van der Waals surface area contributed by atoms with Gasteiger partial charge in [-0.2, -0.15) is 9.97 Å². The zero-order valence-electron chi connectivity index (χ0n) is 23.0. The number of pyridine rings is 1. The number of alkyl halides is 1. The van der Waals surface area contributed by atoms with Crippen molar-refractivity contribution in [2.75, 3.05) is 37.3 Å². The molecule has 41 heavy (non-hydrogen) atoms. The fraction of sp³-hybridized carbons (Fsp3) is 0.433. The van der Waals surface area contributed by atoms with Crippen molar-refractivity contribution in [3.8, 4) is 23.0 Å². The first kappa shape index (κ1) is 26.5. The van der Waals surface area contributed by atoms with E-state index in [0.29, 0.717) is 42.4 Å². The van der Waals surface area contributed by atoms with E-state index in [2.05, 4.69) is 19.9 Å². The van der Waals surface area contributed by atoms with Gasteiger partial charge in [-0.05, 0) is 54.3 Å². The summed E-state index contributed by atoms with van der Waals surface area (Å²) in [7, 11) is -0.749. The topological polar surface area (TPSA) is 94.8 Å². The average Bonchev–Trinajstić information content (AvgIpc) is 3.64.